The van der Waals surface area contributed by atoms with Crippen molar-refractivity contribution >= 4 is 17.9 Å². The molecule has 1 unspecified atom stereocenters. The number of allylic oxidation sites excluding steroid dienone is 16. The third-order valence-electron chi connectivity index (χ3n) is 9.90. The fourth-order valence-electron chi connectivity index (χ4n) is 6.27. The van der Waals surface area contributed by atoms with Crippen molar-refractivity contribution < 1.29 is 28.6 Å². The van der Waals surface area contributed by atoms with E-state index in [0.29, 0.717) is 19.3 Å². The van der Waals surface area contributed by atoms with Gasteiger partial charge in [-0.2, -0.15) is 0 Å². The Morgan fingerprint density at radius 2 is 0.733 bits per heavy atom. The molecule has 0 aliphatic rings. The molecule has 0 rings (SSSR count). The lowest BCUT2D eigenvalue weighted by atomic mass is 10.1. The van der Waals surface area contributed by atoms with Crippen LogP contribution in [-0.4, -0.2) is 37.2 Å². The van der Waals surface area contributed by atoms with E-state index in [1.165, 1.54) is 38.5 Å². The van der Waals surface area contributed by atoms with Gasteiger partial charge in [-0.05, 0) is 89.9 Å². The van der Waals surface area contributed by atoms with Gasteiger partial charge in [0, 0.05) is 19.3 Å². The number of hydrogen-bond donors (Lipinski definition) is 0. The van der Waals surface area contributed by atoms with Crippen LogP contribution in [0, 0.1) is 0 Å². The molecule has 0 radical (unpaired) electrons. The molecule has 6 nitrogen and oxygen atoms in total. The third kappa shape index (κ3) is 45.4. The maximum atomic E-state index is 12.8. The monoisotopic (exact) mass is 833 g/mol. The number of hydrogen-bond acceptors (Lipinski definition) is 6. The van der Waals surface area contributed by atoms with Gasteiger partial charge in [-0.15, -0.1) is 0 Å². The Kier molecular flexibility index (Phi) is 45.1. The highest BCUT2D eigenvalue weighted by atomic mass is 16.6. The molecule has 340 valence electrons. The quantitative estimate of drug-likeness (QED) is 0.0200. The molecule has 0 aromatic rings. The molecule has 0 saturated carbocycles. The summed E-state index contributed by atoms with van der Waals surface area (Å²) in [7, 11) is 0. The zero-order valence-electron chi connectivity index (χ0n) is 38.7. The molecule has 60 heavy (non-hydrogen) atoms. The summed E-state index contributed by atoms with van der Waals surface area (Å²) in [5.41, 5.74) is 0. The fraction of sp³-hybridized carbons (Fsp3) is 0.648. The van der Waals surface area contributed by atoms with E-state index in [1.54, 1.807) is 0 Å². The summed E-state index contributed by atoms with van der Waals surface area (Å²) in [5.74, 6) is -0.950. The molecule has 0 heterocycles. The van der Waals surface area contributed by atoms with Gasteiger partial charge in [-0.1, -0.05) is 195 Å². The van der Waals surface area contributed by atoms with Gasteiger partial charge < -0.3 is 14.2 Å². The Morgan fingerprint density at radius 3 is 1.23 bits per heavy atom. The first kappa shape index (κ1) is 56.3. The van der Waals surface area contributed by atoms with Crippen LogP contribution in [0.3, 0.4) is 0 Å². The van der Waals surface area contributed by atoms with Crippen LogP contribution in [0.25, 0.3) is 0 Å². The first-order valence-corrected chi connectivity index (χ1v) is 24.3. The molecule has 0 aromatic carbocycles. The highest BCUT2D eigenvalue weighted by molar-refractivity contribution is 5.71. The molecular formula is C54H88O6. The van der Waals surface area contributed by atoms with Gasteiger partial charge in [0.25, 0.3) is 0 Å². The molecule has 0 aromatic heterocycles. The van der Waals surface area contributed by atoms with Crippen molar-refractivity contribution in [1.29, 1.82) is 0 Å². The van der Waals surface area contributed by atoms with Crippen LogP contribution < -0.4 is 0 Å². The Hall–Kier alpha value is -3.67. The number of carbonyl (C=O) groups excluding carboxylic acids is 3. The maximum Gasteiger partial charge on any atom is 0.306 e. The molecule has 0 spiro atoms. The minimum absolute atomic E-state index is 0.0976. The lowest BCUT2D eigenvalue weighted by Gasteiger charge is -2.18. The van der Waals surface area contributed by atoms with Gasteiger partial charge in [0.05, 0.1) is 0 Å². The van der Waals surface area contributed by atoms with Crippen molar-refractivity contribution in [3.8, 4) is 0 Å². The standard InChI is InChI=1S/C54H88O6/c1-4-7-10-13-16-19-22-24-26-28-29-32-35-38-41-44-47-53(56)59-50-51(49-58-52(55)46-43-40-37-34-31-21-18-15-12-9-6-3)60-54(57)48-45-42-39-36-33-30-27-25-23-20-17-14-11-8-5-2/h7-8,10-11,14-20,23-27,51H,4-6,9,12-13,21-22,28-50H2,1-3H3/b10-7-,11-8-,17-14-,18-15-,19-16-,23-20-,26-24-,27-25-. The average Bonchev–Trinajstić information content (AvgIpc) is 3.24. The largest absolute Gasteiger partial charge is 0.462 e. The highest BCUT2D eigenvalue weighted by Gasteiger charge is 2.19. The lowest BCUT2D eigenvalue weighted by Crippen LogP contribution is -2.30. The summed E-state index contributed by atoms with van der Waals surface area (Å²) in [6.45, 7) is 6.29. The normalized spacial score (nSPS) is 12.9. The molecule has 0 saturated heterocycles. The summed E-state index contributed by atoms with van der Waals surface area (Å²) in [6, 6.07) is 0. The highest BCUT2D eigenvalue weighted by Crippen LogP contribution is 2.13. The van der Waals surface area contributed by atoms with E-state index < -0.39 is 6.10 Å². The number of rotatable bonds is 42. The van der Waals surface area contributed by atoms with Crippen LogP contribution in [0.15, 0.2) is 97.2 Å². The van der Waals surface area contributed by atoms with E-state index in [0.717, 1.165) is 128 Å². The van der Waals surface area contributed by atoms with Gasteiger partial charge in [-0.25, -0.2) is 0 Å². The zero-order valence-corrected chi connectivity index (χ0v) is 38.7. The van der Waals surface area contributed by atoms with Gasteiger partial charge in [-0.3, -0.25) is 14.4 Å². The van der Waals surface area contributed by atoms with Crippen molar-refractivity contribution in [2.24, 2.45) is 0 Å². The van der Waals surface area contributed by atoms with Crippen LogP contribution in [-0.2, 0) is 28.6 Å². The van der Waals surface area contributed by atoms with Crippen LogP contribution in [0.5, 0.6) is 0 Å². The molecule has 6 heteroatoms. The SMILES string of the molecule is CC\C=C/C=C\C=C/C=C\CCCCCCCC(=O)OC(COC(=O)CCCCCCC/C=C\CCCC)COC(=O)CCCCCCCC/C=C\C/C=C\C/C=C\CC. The van der Waals surface area contributed by atoms with E-state index in [9.17, 15) is 14.4 Å². The topological polar surface area (TPSA) is 78.9 Å². The number of unbranched alkanes of at least 4 members (excludes halogenated alkanes) is 18. The van der Waals surface area contributed by atoms with E-state index in [-0.39, 0.29) is 31.1 Å². The smallest absolute Gasteiger partial charge is 0.306 e. The average molecular weight is 833 g/mol. The van der Waals surface area contributed by atoms with Crippen molar-refractivity contribution in [2.75, 3.05) is 13.2 Å². The van der Waals surface area contributed by atoms with Crippen LogP contribution >= 0.6 is 0 Å². The Morgan fingerprint density at radius 1 is 0.367 bits per heavy atom. The summed E-state index contributed by atoms with van der Waals surface area (Å²) < 4.78 is 16.7. The number of ether oxygens (including phenoxy) is 3. The van der Waals surface area contributed by atoms with Crippen LogP contribution in [0.2, 0.25) is 0 Å². The predicted molar refractivity (Wildman–Crippen MR) is 256 cm³/mol. The summed E-state index contributed by atoms with van der Waals surface area (Å²) in [6.07, 6.45) is 62.4. The molecule has 0 aliphatic carbocycles. The third-order valence-corrected chi connectivity index (χ3v) is 9.90. The number of esters is 3. The Balaban J connectivity index is 4.46. The van der Waals surface area contributed by atoms with Crippen LogP contribution in [0.1, 0.15) is 207 Å². The first-order valence-electron chi connectivity index (χ1n) is 24.3. The van der Waals surface area contributed by atoms with Crippen LogP contribution in [0.4, 0.5) is 0 Å². The summed E-state index contributed by atoms with van der Waals surface area (Å²) in [4.78, 5) is 37.9. The summed E-state index contributed by atoms with van der Waals surface area (Å²) in [5, 5.41) is 0. The minimum atomic E-state index is -0.798. The zero-order chi connectivity index (χ0) is 43.7. The van der Waals surface area contributed by atoms with Gasteiger partial charge >= 0.3 is 17.9 Å². The van der Waals surface area contributed by atoms with E-state index >= 15 is 0 Å². The van der Waals surface area contributed by atoms with Gasteiger partial charge in [0.2, 0.25) is 0 Å². The molecule has 0 amide bonds. The van der Waals surface area contributed by atoms with E-state index in [4.69, 9.17) is 14.2 Å². The Bertz CT molecular complexity index is 1230. The molecule has 0 aliphatic heterocycles. The first-order chi connectivity index (χ1) is 29.5. The van der Waals surface area contributed by atoms with E-state index in [2.05, 4.69) is 93.7 Å². The van der Waals surface area contributed by atoms with Crippen molar-refractivity contribution in [3.63, 3.8) is 0 Å². The van der Waals surface area contributed by atoms with Crippen molar-refractivity contribution in [1.82, 2.24) is 0 Å². The second kappa shape index (κ2) is 48.0. The Labute approximate surface area is 368 Å². The summed E-state index contributed by atoms with van der Waals surface area (Å²) >= 11 is 0. The molecular weight excluding hydrogens is 745 g/mol. The fourth-order valence-corrected chi connectivity index (χ4v) is 6.27. The van der Waals surface area contributed by atoms with Crippen molar-refractivity contribution in [2.45, 2.75) is 213 Å². The molecule has 0 fully saturated rings. The van der Waals surface area contributed by atoms with E-state index in [1.807, 2.05) is 24.3 Å². The number of carbonyl (C=O) groups is 3. The second-order valence-electron chi connectivity index (χ2n) is 15.7. The molecule has 0 N–H and O–H groups in total. The van der Waals surface area contributed by atoms with Gasteiger partial charge in [0.1, 0.15) is 13.2 Å². The lowest BCUT2D eigenvalue weighted by molar-refractivity contribution is -0.167. The second-order valence-corrected chi connectivity index (χ2v) is 15.7. The van der Waals surface area contributed by atoms with Crippen molar-refractivity contribution in [3.05, 3.63) is 97.2 Å². The molecule has 1 atom stereocenters. The predicted octanol–water partition coefficient (Wildman–Crippen LogP) is 15.8. The minimum Gasteiger partial charge on any atom is -0.462 e. The van der Waals surface area contributed by atoms with Gasteiger partial charge in [0.15, 0.2) is 6.10 Å². The maximum absolute atomic E-state index is 12.8. The molecule has 0 bridgehead atoms.